The Morgan fingerprint density at radius 1 is 1.42 bits per heavy atom. The van der Waals surface area contributed by atoms with Gasteiger partial charge in [-0.25, -0.2) is 0 Å². The van der Waals surface area contributed by atoms with Crippen molar-refractivity contribution < 1.29 is 9.90 Å². The number of amides is 1. The van der Waals surface area contributed by atoms with Crippen molar-refractivity contribution in [3.8, 4) is 5.75 Å². The Morgan fingerprint density at radius 3 is 3.05 bits per heavy atom. The van der Waals surface area contributed by atoms with E-state index in [1.807, 2.05) is 4.90 Å². The van der Waals surface area contributed by atoms with E-state index in [0.717, 1.165) is 26.1 Å². The second-order valence-electron chi connectivity index (χ2n) is 5.29. The van der Waals surface area contributed by atoms with Crippen molar-refractivity contribution >= 4 is 17.5 Å². The van der Waals surface area contributed by atoms with Gasteiger partial charge in [-0.1, -0.05) is 11.6 Å². The fraction of sp³-hybridized carbons (Fsp3) is 0.500. The molecule has 0 radical (unpaired) electrons. The highest BCUT2D eigenvalue weighted by atomic mass is 35.5. The van der Waals surface area contributed by atoms with Crippen LogP contribution in [0, 0.1) is 5.92 Å². The van der Waals surface area contributed by atoms with Crippen molar-refractivity contribution in [1.29, 1.82) is 0 Å². The van der Waals surface area contributed by atoms with Crippen LogP contribution < -0.4 is 5.32 Å². The summed E-state index contributed by atoms with van der Waals surface area (Å²) in [7, 11) is 0. The van der Waals surface area contributed by atoms with Crippen LogP contribution in [0.5, 0.6) is 5.75 Å². The van der Waals surface area contributed by atoms with Gasteiger partial charge in [-0.2, -0.15) is 0 Å². The van der Waals surface area contributed by atoms with Crippen LogP contribution in [0.15, 0.2) is 18.2 Å². The molecule has 2 aliphatic rings. The molecule has 0 saturated carbocycles. The van der Waals surface area contributed by atoms with Crippen LogP contribution in [-0.2, 0) is 0 Å². The van der Waals surface area contributed by atoms with Crippen LogP contribution in [0.2, 0.25) is 5.02 Å². The van der Waals surface area contributed by atoms with Gasteiger partial charge in [-0.05, 0) is 37.0 Å². The summed E-state index contributed by atoms with van der Waals surface area (Å²) in [5.41, 5.74) is 0.344. The molecule has 1 amide bonds. The highest BCUT2D eigenvalue weighted by molar-refractivity contribution is 6.30. The lowest BCUT2D eigenvalue weighted by molar-refractivity contribution is 0.0572. The monoisotopic (exact) mass is 280 g/mol. The second-order valence-corrected chi connectivity index (χ2v) is 5.72. The predicted molar refractivity (Wildman–Crippen MR) is 73.5 cm³/mol. The number of fused-ring (bicyclic) bond motifs is 1. The Bertz CT molecular complexity index is 506. The number of halogens is 1. The van der Waals surface area contributed by atoms with Crippen molar-refractivity contribution in [3.05, 3.63) is 28.8 Å². The maximum absolute atomic E-state index is 12.6. The Morgan fingerprint density at radius 2 is 2.26 bits per heavy atom. The lowest BCUT2D eigenvalue weighted by atomic mass is 9.91. The van der Waals surface area contributed by atoms with Crippen LogP contribution in [0.4, 0.5) is 0 Å². The van der Waals surface area contributed by atoms with E-state index in [4.69, 9.17) is 11.6 Å². The maximum Gasteiger partial charge on any atom is 0.257 e. The first-order valence-corrected chi connectivity index (χ1v) is 7.05. The minimum Gasteiger partial charge on any atom is -0.507 e. The van der Waals surface area contributed by atoms with Crippen LogP contribution in [0.1, 0.15) is 23.2 Å². The number of likely N-dealkylation sites (tertiary alicyclic amines) is 1. The molecule has 2 unspecified atom stereocenters. The summed E-state index contributed by atoms with van der Waals surface area (Å²) in [5.74, 6) is 0.422. The lowest BCUT2D eigenvalue weighted by Crippen LogP contribution is -2.48. The lowest BCUT2D eigenvalue weighted by Gasteiger charge is -2.37. The number of piperidine rings is 1. The number of benzene rings is 1. The van der Waals surface area contributed by atoms with E-state index in [9.17, 15) is 9.90 Å². The molecule has 5 heteroatoms. The zero-order valence-electron chi connectivity index (χ0n) is 10.6. The number of nitrogens with one attached hydrogen (secondary N) is 1. The summed E-state index contributed by atoms with van der Waals surface area (Å²) in [6, 6.07) is 4.93. The van der Waals surface area contributed by atoms with E-state index in [-0.39, 0.29) is 17.7 Å². The van der Waals surface area contributed by atoms with E-state index in [1.54, 1.807) is 12.1 Å². The molecule has 1 aromatic carbocycles. The average molecular weight is 281 g/mol. The van der Waals surface area contributed by atoms with Crippen molar-refractivity contribution in [2.24, 2.45) is 5.92 Å². The Labute approximate surface area is 117 Å². The topological polar surface area (TPSA) is 52.6 Å². The molecule has 19 heavy (non-hydrogen) atoms. The number of carbonyl (C=O) groups excluding carboxylic acids is 1. The number of phenolic OH excluding ortho intramolecular Hbond substituents is 1. The summed E-state index contributed by atoms with van der Waals surface area (Å²) < 4.78 is 0. The number of phenols is 1. The smallest absolute Gasteiger partial charge is 0.257 e. The Kier molecular flexibility index (Phi) is 3.37. The molecule has 3 rings (SSSR count). The van der Waals surface area contributed by atoms with Crippen LogP contribution in [0.3, 0.4) is 0 Å². The molecule has 4 nitrogen and oxygen atoms in total. The summed E-state index contributed by atoms with van der Waals surface area (Å²) in [4.78, 5) is 14.5. The van der Waals surface area contributed by atoms with Gasteiger partial charge < -0.3 is 15.3 Å². The molecule has 2 fully saturated rings. The van der Waals surface area contributed by atoms with Crippen molar-refractivity contribution in [3.63, 3.8) is 0 Å². The fourth-order valence-corrected chi connectivity index (χ4v) is 3.33. The van der Waals surface area contributed by atoms with Crippen molar-refractivity contribution in [1.82, 2.24) is 10.2 Å². The summed E-state index contributed by atoms with van der Waals surface area (Å²) >= 11 is 5.80. The zero-order chi connectivity index (χ0) is 13.4. The number of nitrogens with zero attached hydrogens (tertiary/aromatic N) is 1. The first-order valence-electron chi connectivity index (χ1n) is 6.67. The average Bonchev–Trinajstić information content (AvgIpc) is 2.86. The van der Waals surface area contributed by atoms with Gasteiger partial charge in [0.2, 0.25) is 0 Å². The third kappa shape index (κ3) is 2.30. The Balaban J connectivity index is 1.86. The molecule has 102 valence electrons. The van der Waals surface area contributed by atoms with E-state index < -0.39 is 0 Å². The second kappa shape index (κ2) is 5.02. The molecule has 2 N–H and O–H groups in total. The molecular weight excluding hydrogens is 264 g/mol. The quantitative estimate of drug-likeness (QED) is 0.826. The number of hydrogen-bond donors (Lipinski definition) is 2. The number of hydrogen-bond acceptors (Lipinski definition) is 3. The van der Waals surface area contributed by atoms with Gasteiger partial charge in [-0.3, -0.25) is 4.79 Å². The van der Waals surface area contributed by atoms with E-state index in [2.05, 4.69) is 5.32 Å². The van der Waals surface area contributed by atoms with Gasteiger partial charge in [0.15, 0.2) is 0 Å². The third-order valence-electron chi connectivity index (χ3n) is 4.13. The molecule has 0 aromatic heterocycles. The summed E-state index contributed by atoms with van der Waals surface area (Å²) in [6.07, 6.45) is 2.21. The van der Waals surface area contributed by atoms with E-state index in [1.165, 1.54) is 12.5 Å². The van der Waals surface area contributed by atoms with E-state index >= 15 is 0 Å². The van der Waals surface area contributed by atoms with Crippen LogP contribution in [0.25, 0.3) is 0 Å². The van der Waals surface area contributed by atoms with Crippen LogP contribution in [-0.4, -0.2) is 41.6 Å². The summed E-state index contributed by atoms with van der Waals surface area (Å²) in [6.45, 7) is 2.61. The SMILES string of the molecule is O=C(c1ccc(Cl)cc1O)N1CCCC2CNCC21. The first kappa shape index (κ1) is 12.8. The number of rotatable bonds is 1. The molecular formula is C14H17ClN2O2. The maximum atomic E-state index is 12.6. The molecule has 2 heterocycles. The highest BCUT2D eigenvalue weighted by Crippen LogP contribution is 2.30. The van der Waals surface area contributed by atoms with Gasteiger partial charge in [0, 0.05) is 30.7 Å². The molecule has 1 aromatic rings. The normalized spacial score (nSPS) is 26.3. The third-order valence-corrected chi connectivity index (χ3v) is 4.36. The molecule has 0 aliphatic carbocycles. The zero-order valence-corrected chi connectivity index (χ0v) is 11.4. The minimum absolute atomic E-state index is 0.0365. The predicted octanol–water partition coefficient (Wildman–Crippen LogP) is 1.87. The molecule has 0 bridgehead atoms. The molecule has 2 atom stereocenters. The minimum atomic E-state index is -0.0902. The summed E-state index contributed by atoms with van der Waals surface area (Å²) in [5, 5.41) is 13.7. The van der Waals surface area contributed by atoms with Gasteiger partial charge in [0.1, 0.15) is 5.75 Å². The Hall–Kier alpha value is -1.26. The van der Waals surface area contributed by atoms with Crippen molar-refractivity contribution in [2.75, 3.05) is 19.6 Å². The number of aromatic hydroxyl groups is 1. The fourth-order valence-electron chi connectivity index (χ4n) is 3.16. The van der Waals surface area contributed by atoms with Gasteiger partial charge in [-0.15, -0.1) is 0 Å². The first-order chi connectivity index (χ1) is 9.16. The van der Waals surface area contributed by atoms with Gasteiger partial charge in [0.05, 0.1) is 5.56 Å². The number of carbonyl (C=O) groups is 1. The van der Waals surface area contributed by atoms with Gasteiger partial charge in [0.25, 0.3) is 5.91 Å². The standard InChI is InChI=1S/C14H17ClN2O2/c15-10-3-4-11(13(18)6-10)14(19)17-5-1-2-9-7-16-8-12(9)17/h3-4,6,9,12,16,18H,1-2,5,7-8H2. The van der Waals surface area contributed by atoms with Crippen molar-refractivity contribution in [2.45, 2.75) is 18.9 Å². The molecule has 2 aliphatic heterocycles. The largest absolute Gasteiger partial charge is 0.507 e. The van der Waals surface area contributed by atoms with Crippen LogP contribution >= 0.6 is 11.6 Å². The highest BCUT2D eigenvalue weighted by Gasteiger charge is 2.38. The molecule has 2 saturated heterocycles. The molecule has 0 spiro atoms. The van der Waals surface area contributed by atoms with E-state index in [0.29, 0.717) is 16.5 Å². The van der Waals surface area contributed by atoms with Gasteiger partial charge >= 0.3 is 0 Å².